The van der Waals surface area contributed by atoms with Crippen LogP contribution in [0.25, 0.3) is 0 Å². The number of carboxylic acids is 1. The molecule has 116 valence electrons. The normalized spacial score (nSPS) is 22.0. The second-order valence-electron chi connectivity index (χ2n) is 5.65. The standard InChI is InChI=1S/C15H23N3O3/c1-3-18-9-11(10(2)17-18)8-16-14(19)12-6-4-5-7-13(12)15(20)21/h9,12-13H,3-8H2,1-2H3,(H,16,19)(H,20,21). The van der Waals surface area contributed by atoms with E-state index >= 15 is 0 Å². The van der Waals surface area contributed by atoms with Crippen LogP contribution in [0.3, 0.4) is 0 Å². The molecule has 1 aliphatic carbocycles. The van der Waals surface area contributed by atoms with Crippen molar-refractivity contribution in [1.82, 2.24) is 15.1 Å². The van der Waals surface area contributed by atoms with Crippen molar-refractivity contribution < 1.29 is 14.7 Å². The zero-order valence-corrected chi connectivity index (χ0v) is 12.6. The molecule has 1 heterocycles. The van der Waals surface area contributed by atoms with Crippen LogP contribution in [0, 0.1) is 18.8 Å². The summed E-state index contributed by atoms with van der Waals surface area (Å²) in [6.07, 6.45) is 5.00. The highest BCUT2D eigenvalue weighted by atomic mass is 16.4. The number of hydrogen-bond acceptors (Lipinski definition) is 3. The van der Waals surface area contributed by atoms with Gasteiger partial charge in [0, 0.05) is 24.8 Å². The summed E-state index contributed by atoms with van der Waals surface area (Å²) in [6, 6.07) is 0. The van der Waals surface area contributed by atoms with E-state index in [1.54, 1.807) is 0 Å². The molecule has 0 spiro atoms. The van der Waals surface area contributed by atoms with E-state index in [2.05, 4.69) is 10.4 Å². The first-order chi connectivity index (χ1) is 10.0. The fraction of sp³-hybridized carbons (Fsp3) is 0.667. The number of nitrogens with zero attached hydrogens (tertiary/aromatic N) is 2. The first-order valence-electron chi connectivity index (χ1n) is 7.56. The number of rotatable bonds is 5. The Bertz CT molecular complexity index is 524. The molecule has 21 heavy (non-hydrogen) atoms. The van der Waals surface area contributed by atoms with Crippen molar-refractivity contribution in [3.8, 4) is 0 Å². The van der Waals surface area contributed by atoms with E-state index in [-0.39, 0.29) is 5.91 Å². The summed E-state index contributed by atoms with van der Waals surface area (Å²) in [4.78, 5) is 23.5. The van der Waals surface area contributed by atoms with Crippen molar-refractivity contribution in [3.05, 3.63) is 17.5 Å². The van der Waals surface area contributed by atoms with Crippen LogP contribution < -0.4 is 5.32 Å². The number of aromatic nitrogens is 2. The quantitative estimate of drug-likeness (QED) is 0.865. The predicted molar refractivity (Wildman–Crippen MR) is 77.6 cm³/mol. The second kappa shape index (κ2) is 6.74. The molecule has 0 bridgehead atoms. The van der Waals surface area contributed by atoms with Crippen molar-refractivity contribution in [2.75, 3.05) is 0 Å². The van der Waals surface area contributed by atoms with Gasteiger partial charge in [-0.2, -0.15) is 5.10 Å². The Kier molecular flexibility index (Phi) is 4.98. The van der Waals surface area contributed by atoms with Crippen LogP contribution in [0.2, 0.25) is 0 Å². The van der Waals surface area contributed by atoms with Crippen molar-refractivity contribution in [1.29, 1.82) is 0 Å². The number of aryl methyl sites for hydroxylation is 2. The Balaban J connectivity index is 1.96. The molecule has 2 rings (SSSR count). The van der Waals surface area contributed by atoms with E-state index in [0.717, 1.165) is 30.6 Å². The highest BCUT2D eigenvalue weighted by Gasteiger charge is 2.35. The molecule has 2 atom stereocenters. The minimum absolute atomic E-state index is 0.147. The largest absolute Gasteiger partial charge is 0.481 e. The van der Waals surface area contributed by atoms with Crippen LogP contribution in [0.5, 0.6) is 0 Å². The number of hydrogen-bond donors (Lipinski definition) is 2. The molecule has 0 aromatic carbocycles. The van der Waals surface area contributed by atoms with Gasteiger partial charge in [-0.25, -0.2) is 0 Å². The molecule has 0 radical (unpaired) electrons. The average molecular weight is 293 g/mol. The summed E-state index contributed by atoms with van der Waals surface area (Å²) in [5.74, 6) is -1.95. The van der Waals surface area contributed by atoms with Gasteiger partial charge in [-0.3, -0.25) is 14.3 Å². The molecule has 1 aromatic rings. The van der Waals surface area contributed by atoms with Gasteiger partial charge in [0.2, 0.25) is 5.91 Å². The van der Waals surface area contributed by atoms with Gasteiger partial charge in [0.15, 0.2) is 0 Å². The molecule has 1 aliphatic rings. The lowest BCUT2D eigenvalue weighted by Gasteiger charge is -2.27. The van der Waals surface area contributed by atoms with E-state index in [1.165, 1.54) is 0 Å². The SMILES string of the molecule is CCn1cc(CNC(=O)C2CCCCC2C(=O)O)c(C)n1. The Morgan fingerprint density at radius 1 is 1.38 bits per heavy atom. The van der Waals surface area contributed by atoms with Gasteiger partial charge in [-0.15, -0.1) is 0 Å². The lowest BCUT2D eigenvalue weighted by atomic mass is 9.78. The van der Waals surface area contributed by atoms with Gasteiger partial charge >= 0.3 is 5.97 Å². The Morgan fingerprint density at radius 2 is 2.05 bits per heavy atom. The van der Waals surface area contributed by atoms with Gasteiger partial charge in [-0.05, 0) is 26.7 Å². The van der Waals surface area contributed by atoms with Crippen LogP contribution >= 0.6 is 0 Å². The molecule has 6 nitrogen and oxygen atoms in total. The Labute approximate surface area is 124 Å². The third kappa shape index (κ3) is 3.62. The number of nitrogens with one attached hydrogen (secondary N) is 1. The van der Waals surface area contributed by atoms with Gasteiger partial charge in [-0.1, -0.05) is 12.8 Å². The highest BCUT2D eigenvalue weighted by molar-refractivity contribution is 5.84. The van der Waals surface area contributed by atoms with Gasteiger partial charge in [0.1, 0.15) is 0 Å². The van der Waals surface area contributed by atoms with Crippen molar-refractivity contribution >= 4 is 11.9 Å². The predicted octanol–water partition coefficient (Wildman–Crippen LogP) is 1.72. The average Bonchev–Trinajstić information content (AvgIpc) is 2.85. The lowest BCUT2D eigenvalue weighted by molar-refractivity contribution is -0.148. The molecule has 1 saturated carbocycles. The van der Waals surface area contributed by atoms with Gasteiger partial charge in [0.05, 0.1) is 17.5 Å². The third-order valence-corrected chi connectivity index (χ3v) is 4.25. The minimum atomic E-state index is -0.857. The molecule has 1 aromatic heterocycles. The molecule has 0 aliphatic heterocycles. The lowest BCUT2D eigenvalue weighted by Crippen LogP contribution is -2.39. The summed E-state index contributed by atoms with van der Waals surface area (Å²) in [6.45, 7) is 5.12. The fourth-order valence-electron chi connectivity index (χ4n) is 2.95. The third-order valence-electron chi connectivity index (χ3n) is 4.25. The van der Waals surface area contributed by atoms with Crippen LogP contribution in [0.4, 0.5) is 0 Å². The van der Waals surface area contributed by atoms with E-state index in [4.69, 9.17) is 0 Å². The summed E-state index contributed by atoms with van der Waals surface area (Å²) in [5, 5.41) is 16.4. The van der Waals surface area contributed by atoms with Gasteiger partial charge in [0.25, 0.3) is 0 Å². The molecule has 2 N–H and O–H groups in total. The number of aliphatic carboxylic acids is 1. The first kappa shape index (κ1) is 15.5. The van der Waals surface area contributed by atoms with Gasteiger partial charge < -0.3 is 10.4 Å². The minimum Gasteiger partial charge on any atom is -0.481 e. The van der Waals surface area contributed by atoms with Crippen LogP contribution in [0.1, 0.15) is 43.9 Å². The van der Waals surface area contributed by atoms with Crippen LogP contribution in [0.15, 0.2) is 6.20 Å². The van der Waals surface area contributed by atoms with E-state index in [1.807, 2.05) is 24.7 Å². The zero-order valence-electron chi connectivity index (χ0n) is 12.6. The number of carbonyl (C=O) groups excluding carboxylic acids is 1. The zero-order chi connectivity index (χ0) is 15.4. The Morgan fingerprint density at radius 3 is 2.62 bits per heavy atom. The topological polar surface area (TPSA) is 84.2 Å². The maximum absolute atomic E-state index is 12.3. The van der Waals surface area contributed by atoms with Crippen molar-refractivity contribution in [2.24, 2.45) is 11.8 Å². The smallest absolute Gasteiger partial charge is 0.307 e. The molecule has 1 fully saturated rings. The fourth-order valence-corrected chi connectivity index (χ4v) is 2.95. The molecule has 2 unspecified atom stereocenters. The molecular formula is C15H23N3O3. The van der Waals surface area contributed by atoms with Crippen molar-refractivity contribution in [3.63, 3.8) is 0 Å². The number of carboxylic acid groups (broad SMARTS) is 1. The molecular weight excluding hydrogens is 270 g/mol. The summed E-state index contributed by atoms with van der Waals surface area (Å²) >= 11 is 0. The monoisotopic (exact) mass is 293 g/mol. The number of amides is 1. The molecule has 1 amide bonds. The molecule has 0 saturated heterocycles. The van der Waals surface area contributed by atoms with Crippen LogP contribution in [-0.4, -0.2) is 26.8 Å². The maximum atomic E-state index is 12.3. The maximum Gasteiger partial charge on any atom is 0.307 e. The summed E-state index contributed by atoms with van der Waals surface area (Å²) < 4.78 is 1.83. The van der Waals surface area contributed by atoms with Crippen molar-refractivity contribution in [2.45, 2.75) is 52.6 Å². The Hall–Kier alpha value is -1.85. The summed E-state index contributed by atoms with van der Waals surface area (Å²) in [5.41, 5.74) is 1.88. The molecule has 6 heteroatoms. The summed E-state index contributed by atoms with van der Waals surface area (Å²) in [7, 11) is 0. The van der Waals surface area contributed by atoms with E-state index in [0.29, 0.717) is 19.4 Å². The van der Waals surface area contributed by atoms with Crippen LogP contribution in [-0.2, 0) is 22.7 Å². The van der Waals surface area contributed by atoms with E-state index < -0.39 is 17.8 Å². The highest BCUT2D eigenvalue weighted by Crippen LogP contribution is 2.30. The second-order valence-corrected chi connectivity index (χ2v) is 5.65. The first-order valence-corrected chi connectivity index (χ1v) is 7.56. The number of carbonyl (C=O) groups is 2. The van der Waals surface area contributed by atoms with E-state index in [9.17, 15) is 14.7 Å².